The van der Waals surface area contributed by atoms with Gasteiger partial charge >= 0.3 is 0 Å². The number of aliphatic hydroxyl groups excluding tert-OH is 2. The molecule has 0 heterocycles. The average molecular weight is 372 g/mol. The number of carbonyl (C=O) groups excluding carboxylic acids is 1. The van der Waals surface area contributed by atoms with Crippen LogP contribution in [0.2, 0.25) is 0 Å². The number of hydrogen-bond donors (Lipinski definition) is 4. The summed E-state index contributed by atoms with van der Waals surface area (Å²) in [5.74, 6) is -0.0185. The predicted molar refractivity (Wildman–Crippen MR) is 108 cm³/mol. The van der Waals surface area contributed by atoms with E-state index in [2.05, 4.69) is 10.3 Å². The smallest absolute Gasteiger partial charge is 0.164 e. The molecule has 0 amide bonds. The first-order chi connectivity index (χ1) is 13.0. The van der Waals surface area contributed by atoms with Crippen LogP contribution in [0.1, 0.15) is 19.8 Å². The number of hydrogen-bond acceptors (Lipinski definition) is 7. The van der Waals surface area contributed by atoms with Gasteiger partial charge in [-0.2, -0.15) is 0 Å². The number of benzene rings is 1. The van der Waals surface area contributed by atoms with Crippen LogP contribution in [0, 0.1) is 5.41 Å². The molecule has 0 spiro atoms. The lowest BCUT2D eigenvalue weighted by molar-refractivity contribution is -0.114. The third-order valence-corrected chi connectivity index (χ3v) is 4.37. The molecule has 0 saturated heterocycles. The van der Waals surface area contributed by atoms with Crippen LogP contribution >= 0.6 is 0 Å². The Hall–Kier alpha value is -2.35. The maximum atomic E-state index is 11.6. The van der Waals surface area contributed by atoms with Crippen LogP contribution in [0.5, 0.6) is 0 Å². The molecule has 0 aromatic heterocycles. The summed E-state index contributed by atoms with van der Waals surface area (Å²) >= 11 is 0. The van der Waals surface area contributed by atoms with Crippen molar-refractivity contribution < 1.29 is 15.0 Å². The van der Waals surface area contributed by atoms with Crippen LogP contribution in [0.3, 0.4) is 0 Å². The van der Waals surface area contributed by atoms with Crippen molar-refractivity contribution in [2.45, 2.75) is 19.8 Å². The molecular formula is C20H28N4O3. The van der Waals surface area contributed by atoms with Crippen LogP contribution in [0.25, 0.3) is 0 Å². The maximum absolute atomic E-state index is 11.6. The number of ketones is 1. The fraction of sp³-hybridized carbons (Fsp3) is 0.450. The van der Waals surface area contributed by atoms with Crippen molar-refractivity contribution in [3.63, 3.8) is 0 Å². The van der Waals surface area contributed by atoms with Gasteiger partial charge in [-0.05, 0) is 55.8 Å². The van der Waals surface area contributed by atoms with Crippen molar-refractivity contribution >= 4 is 28.6 Å². The van der Waals surface area contributed by atoms with Gasteiger partial charge in [0, 0.05) is 25.3 Å². The number of Topliss-reactive ketones (excluding diaryl/α,β-unsaturated/α-hetero) is 1. The van der Waals surface area contributed by atoms with Crippen molar-refractivity contribution in [2.75, 3.05) is 44.7 Å². The Morgan fingerprint density at radius 3 is 2.44 bits per heavy atom. The van der Waals surface area contributed by atoms with Gasteiger partial charge in [0.2, 0.25) is 0 Å². The molecule has 1 aliphatic rings. The van der Waals surface area contributed by atoms with Crippen molar-refractivity contribution in [2.24, 2.45) is 4.99 Å². The molecule has 0 saturated carbocycles. The second kappa shape index (κ2) is 10.7. The summed E-state index contributed by atoms with van der Waals surface area (Å²) in [6.07, 6.45) is 2.69. The van der Waals surface area contributed by atoms with Crippen LogP contribution in [0.15, 0.2) is 40.9 Å². The molecule has 146 valence electrons. The molecule has 0 aliphatic heterocycles. The molecule has 0 radical (unpaired) electrons. The highest BCUT2D eigenvalue weighted by Crippen LogP contribution is 2.19. The van der Waals surface area contributed by atoms with Gasteiger partial charge in [-0.25, -0.2) is 4.99 Å². The molecule has 4 N–H and O–H groups in total. The topological polar surface area (TPSA) is 109 Å². The van der Waals surface area contributed by atoms with Crippen LogP contribution in [0.4, 0.5) is 11.4 Å². The summed E-state index contributed by atoms with van der Waals surface area (Å²) in [4.78, 5) is 18.1. The third-order valence-electron chi connectivity index (χ3n) is 4.37. The lowest BCUT2D eigenvalue weighted by Crippen LogP contribution is -2.31. The fourth-order valence-electron chi connectivity index (χ4n) is 2.81. The molecule has 27 heavy (non-hydrogen) atoms. The van der Waals surface area contributed by atoms with Gasteiger partial charge in [0.1, 0.15) is 0 Å². The number of rotatable bonds is 10. The molecule has 1 aliphatic carbocycles. The van der Waals surface area contributed by atoms with E-state index in [1.165, 1.54) is 0 Å². The maximum Gasteiger partial charge on any atom is 0.164 e. The van der Waals surface area contributed by atoms with E-state index < -0.39 is 0 Å². The first kappa shape index (κ1) is 21.0. The molecule has 1 aromatic carbocycles. The Labute approximate surface area is 159 Å². The Bertz CT molecular complexity index is 704. The summed E-state index contributed by atoms with van der Waals surface area (Å²) < 4.78 is 0. The zero-order valence-corrected chi connectivity index (χ0v) is 15.7. The van der Waals surface area contributed by atoms with E-state index in [-0.39, 0.29) is 31.1 Å². The van der Waals surface area contributed by atoms with E-state index in [4.69, 9.17) is 15.6 Å². The second-order valence-electron chi connectivity index (χ2n) is 6.52. The molecule has 0 bridgehead atoms. The van der Waals surface area contributed by atoms with Crippen molar-refractivity contribution in [1.29, 1.82) is 5.41 Å². The molecule has 7 heteroatoms. The minimum Gasteiger partial charge on any atom is -0.395 e. The fourth-order valence-corrected chi connectivity index (χ4v) is 2.81. The molecule has 7 nitrogen and oxygen atoms in total. The molecule has 0 atom stereocenters. The average Bonchev–Trinajstić information content (AvgIpc) is 2.65. The predicted octanol–water partition coefficient (Wildman–Crippen LogP) is 1.79. The minimum atomic E-state index is -0.0185. The Kier molecular flexibility index (Phi) is 8.32. The Morgan fingerprint density at radius 2 is 1.81 bits per heavy atom. The molecule has 1 aromatic rings. The van der Waals surface area contributed by atoms with E-state index in [0.717, 1.165) is 30.9 Å². The zero-order chi connectivity index (χ0) is 19.6. The van der Waals surface area contributed by atoms with Gasteiger partial charge in [0.25, 0.3) is 0 Å². The highest BCUT2D eigenvalue weighted by atomic mass is 16.3. The van der Waals surface area contributed by atoms with E-state index in [9.17, 15) is 4.79 Å². The number of aliphatic hydroxyl groups is 2. The second-order valence-corrected chi connectivity index (χ2v) is 6.52. The number of allylic oxidation sites excluding steroid dienone is 2. The lowest BCUT2D eigenvalue weighted by atomic mass is 9.96. The number of nitrogens with zero attached hydrogens (tertiary/aromatic N) is 2. The SMILES string of the molecule is CC1=CC(=Nc2ccc(NCCCN(CCO)CCO)cc2)C(=N)CC1=O. The van der Waals surface area contributed by atoms with E-state index in [1.54, 1.807) is 13.0 Å². The first-order valence-corrected chi connectivity index (χ1v) is 9.19. The number of nitrogens with one attached hydrogen (secondary N) is 2. The summed E-state index contributed by atoms with van der Waals surface area (Å²) in [7, 11) is 0. The van der Waals surface area contributed by atoms with E-state index in [0.29, 0.717) is 24.4 Å². The monoisotopic (exact) mass is 372 g/mol. The zero-order valence-electron chi connectivity index (χ0n) is 15.7. The summed E-state index contributed by atoms with van der Waals surface area (Å²) in [5, 5.41) is 29.3. The van der Waals surface area contributed by atoms with Crippen molar-refractivity contribution in [1.82, 2.24) is 4.90 Å². The molecule has 0 unspecified atom stereocenters. The first-order valence-electron chi connectivity index (χ1n) is 9.19. The van der Waals surface area contributed by atoms with E-state index >= 15 is 0 Å². The quantitative estimate of drug-likeness (QED) is 0.468. The largest absolute Gasteiger partial charge is 0.395 e. The minimum absolute atomic E-state index is 0.0185. The van der Waals surface area contributed by atoms with Crippen LogP contribution < -0.4 is 5.32 Å². The highest BCUT2D eigenvalue weighted by Gasteiger charge is 2.18. The molecular weight excluding hydrogens is 344 g/mol. The number of carbonyl (C=O) groups is 1. The van der Waals surface area contributed by atoms with Gasteiger partial charge in [0.15, 0.2) is 5.78 Å². The summed E-state index contributed by atoms with van der Waals surface area (Å²) in [6.45, 7) is 4.69. The van der Waals surface area contributed by atoms with Gasteiger partial charge in [-0.3, -0.25) is 9.69 Å². The third kappa shape index (κ3) is 6.71. The van der Waals surface area contributed by atoms with Crippen molar-refractivity contribution in [3.05, 3.63) is 35.9 Å². The van der Waals surface area contributed by atoms with Gasteiger partial charge in [0.05, 0.1) is 36.7 Å². The van der Waals surface area contributed by atoms with Gasteiger partial charge < -0.3 is 20.9 Å². The Balaban J connectivity index is 1.86. The van der Waals surface area contributed by atoms with Gasteiger partial charge in [-0.1, -0.05) is 0 Å². The van der Waals surface area contributed by atoms with E-state index in [1.807, 2.05) is 29.2 Å². The Morgan fingerprint density at radius 1 is 1.15 bits per heavy atom. The van der Waals surface area contributed by atoms with Crippen LogP contribution in [-0.2, 0) is 4.79 Å². The molecule has 0 fully saturated rings. The summed E-state index contributed by atoms with van der Waals surface area (Å²) in [6, 6.07) is 7.64. The standard InChI is InChI=1S/C20H28N4O3/c1-15-13-19(18(21)14-20(15)27)23-17-5-3-16(4-6-17)22-7-2-8-24(9-11-25)10-12-26/h3-6,13,21-22,25-26H,2,7-12,14H2,1H3. The summed E-state index contributed by atoms with van der Waals surface area (Å²) in [5.41, 5.74) is 3.16. The number of anilines is 1. The van der Waals surface area contributed by atoms with Gasteiger partial charge in [-0.15, -0.1) is 0 Å². The normalized spacial score (nSPS) is 16.1. The molecule has 2 rings (SSSR count). The van der Waals surface area contributed by atoms with Crippen molar-refractivity contribution in [3.8, 4) is 0 Å². The highest BCUT2D eigenvalue weighted by molar-refractivity contribution is 6.51. The van der Waals surface area contributed by atoms with Crippen LogP contribution in [-0.4, -0.2) is 71.7 Å². The number of aliphatic imine (C=N–C) groups is 1. The lowest BCUT2D eigenvalue weighted by Gasteiger charge is -2.20.